The lowest BCUT2D eigenvalue weighted by Crippen LogP contribution is -2.27. The maximum Gasteiger partial charge on any atom is 0.434 e. The lowest BCUT2D eigenvalue weighted by atomic mass is 9.95. The van der Waals surface area contributed by atoms with Gasteiger partial charge in [0, 0.05) is 5.56 Å². The number of halogens is 11. The molecule has 0 bridgehead atoms. The standard InChI is InChI=1S/C14H6F11NO4/c1-30-11(29)6-3(2-4(12(17,18)19)13(20,21)22)5(10(27)28)7(9(15)16)26-8(6)14(23,24)25/h2,9H,1H3,(H,27,28). The second-order valence-electron chi connectivity index (χ2n) is 5.16. The molecule has 0 amide bonds. The van der Waals surface area contributed by atoms with Gasteiger partial charge in [-0.3, -0.25) is 0 Å². The summed E-state index contributed by atoms with van der Waals surface area (Å²) in [5.41, 5.74) is -15.2. The van der Waals surface area contributed by atoms with Gasteiger partial charge >= 0.3 is 30.5 Å². The van der Waals surface area contributed by atoms with E-state index in [1.165, 1.54) is 0 Å². The van der Waals surface area contributed by atoms with Crippen LogP contribution in [0.15, 0.2) is 5.57 Å². The first-order chi connectivity index (χ1) is 13.3. The number of allylic oxidation sites excluding steroid dienone is 1. The van der Waals surface area contributed by atoms with Crippen LogP contribution in [0.5, 0.6) is 0 Å². The normalized spacial score (nSPS) is 12.7. The summed E-state index contributed by atoms with van der Waals surface area (Å²) in [6, 6.07) is 0. The van der Waals surface area contributed by atoms with Crippen LogP contribution in [0, 0.1) is 0 Å². The molecule has 0 atom stereocenters. The fourth-order valence-corrected chi connectivity index (χ4v) is 2.13. The Bertz CT molecular complexity index is 866. The number of ether oxygens (including phenoxy) is 1. The number of esters is 1. The van der Waals surface area contributed by atoms with E-state index in [1.54, 1.807) is 0 Å². The summed E-state index contributed by atoms with van der Waals surface area (Å²) in [5, 5.41) is 8.99. The average molecular weight is 461 g/mol. The summed E-state index contributed by atoms with van der Waals surface area (Å²) in [7, 11) is 0.353. The molecule has 0 aliphatic heterocycles. The molecule has 1 aromatic rings. The molecule has 0 aromatic carbocycles. The van der Waals surface area contributed by atoms with E-state index in [1.807, 2.05) is 0 Å². The number of alkyl halides is 11. The summed E-state index contributed by atoms with van der Waals surface area (Å²) in [4.78, 5) is 25.2. The zero-order valence-electron chi connectivity index (χ0n) is 13.9. The molecule has 0 saturated heterocycles. The number of carbonyl (C=O) groups excluding carboxylic acids is 1. The molecule has 5 nitrogen and oxygen atoms in total. The van der Waals surface area contributed by atoms with E-state index in [0.717, 1.165) is 0 Å². The van der Waals surface area contributed by atoms with Crippen LogP contribution in [0.1, 0.15) is 44.1 Å². The Morgan fingerprint density at radius 2 is 1.43 bits per heavy atom. The minimum absolute atomic E-state index is 0.353. The van der Waals surface area contributed by atoms with Crippen molar-refractivity contribution in [3.05, 3.63) is 33.7 Å². The van der Waals surface area contributed by atoms with Crippen LogP contribution in [0.3, 0.4) is 0 Å². The van der Waals surface area contributed by atoms with Gasteiger partial charge in [-0.05, 0) is 6.08 Å². The first kappa shape index (κ1) is 25.1. The highest BCUT2D eigenvalue weighted by Gasteiger charge is 2.52. The Hall–Kier alpha value is -2.94. The van der Waals surface area contributed by atoms with E-state index in [9.17, 15) is 57.9 Å². The maximum absolute atomic E-state index is 13.2. The van der Waals surface area contributed by atoms with Gasteiger partial charge in [0.05, 0.1) is 18.2 Å². The molecule has 0 aliphatic rings. The molecule has 0 fully saturated rings. The van der Waals surface area contributed by atoms with Crippen LogP contribution >= 0.6 is 0 Å². The zero-order valence-corrected chi connectivity index (χ0v) is 13.9. The van der Waals surface area contributed by atoms with Gasteiger partial charge in [-0.2, -0.15) is 39.5 Å². The van der Waals surface area contributed by atoms with E-state index in [4.69, 9.17) is 5.11 Å². The van der Waals surface area contributed by atoms with Crippen molar-refractivity contribution < 1.29 is 67.7 Å². The Kier molecular flexibility index (Phi) is 6.74. The molecule has 1 N–H and O–H groups in total. The van der Waals surface area contributed by atoms with E-state index < -0.39 is 76.6 Å². The van der Waals surface area contributed by atoms with Crippen molar-refractivity contribution >= 4 is 18.0 Å². The lowest BCUT2D eigenvalue weighted by Gasteiger charge is -2.20. The topological polar surface area (TPSA) is 76.5 Å². The maximum atomic E-state index is 13.2. The molecule has 30 heavy (non-hydrogen) atoms. The van der Waals surface area contributed by atoms with Gasteiger partial charge in [0.25, 0.3) is 6.43 Å². The van der Waals surface area contributed by atoms with E-state index in [2.05, 4.69) is 9.72 Å². The number of hydrogen-bond acceptors (Lipinski definition) is 4. The van der Waals surface area contributed by atoms with Crippen molar-refractivity contribution in [1.82, 2.24) is 4.98 Å². The Balaban J connectivity index is 4.40. The third-order valence-electron chi connectivity index (χ3n) is 3.24. The average Bonchev–Trinajstić information content (AvgIpc) is 2.54. The summed E-state index contributed by atoms with van der Waals surface area (Å²) in [6.07, 6.45) is -23.9. The number of hydrogen-bond donors (Lipinski definition) is 1. The molecule has 16 heteroatoms. The number of aromatic nitrogens is 1. The monoisotopic (exact) mass is 461 g/mol. The number of carbonyl (C=O) groups is 2. The van der Waals surface area contributed by atoms with Gasteiger partial charge in [-0.1, -0.05) is 0 Å². The second kappa shape index (κ2) is 8.06. The highest BCUT2D eigenvalue weighted by molar-refractivity contribution is 6.02. The van der Waals surface area contributed by atoms with Crippen molar-refractivity contribution in [1.29, 1.82) is 0 Å². The van der Waals surface area contributed by atoms with Gasteiger partial charge in [-0.15, -0.1) is 0 Å². The predicted octanol–water partition coefficient (Wildman–Crippen LogP) is 5.03. The molecule has 0 spiro atoms. The Labute approximate surface area is 157 Å². The van der Waals surface area contributed by atoms with Crippen molar-refractivity contribution in [2.24, 2.45) is 0 Å². The van der Waals surface area contributed by atoms with Gasteiger partial charge in [0.15, 0.2) is 5.69 Å². The lowest BCUT2D eigenvalue weighted by molar-refractivity contribution is -0.170. The summed E-state index contributed by atoms with van der Waals surface area (Å²) < 4.78 is 146. The summed E-state index contributed by atoms with van der Waals surface area (Å²) in [5.74, 6) is -4.94. The third-order valence-corrected chi connectivity index (χ3v) is 3.24. The van der Waals surface area contributed by atoms with E-state index >= 15 is 0 Å². The molecular formula is C14H6F11NO4. The number of carboxylic acid groups (broad SMARTS) is 1. The van der Waals surface area contributed by atoms with Gasteiger partial charge in [-0.25, -0.2) is 23.4 Å². The molecule has 0 radical (unpaired) electrons. The Morgan fingerprint density at radius 3 is 1.73 bits per heavy atom. The van der Waals surface area contributed by atoms with E-state index in [-0.39, 0.29) is 0 Å². The molecule has 168 valence electrons. The number of rotatable bonds is 4. The van der Waals surface area contributed by atoms with Crippen LogP contribution in [-0.4, -0.2) is 41.5 Å². The van der Waals surface area contributed by atoms with Crippen molar-refractivity contribution in [3.8, 4) is 0 Å². The number of carboxylic acids is 1. The van der Waals surface area contributed by atoms with Crippen LogP contribution in [0.4, 0.5) is 48.3 Å². The van der Waals surface area contributed by atoms with Crippen LogP contribution in [0.2, 0.25) is 0 Å². The summed E-state index contributed by atoms with van der Waals surface area (Å²) >= 11 is 0. The Morgan fingerprint density at radius 1 is 0.967 bits per heavy atom. The first-order valence-corrected chi connectivity index (χ1v) is 6.94. The van der Waals surface area contributed by atoms with Gasteiger partial charge in [0.1, 0.15) is 11.3 Å². The highest BCUT2D eigenvalue weighted by atomic mass is 19.4. The first-order valence-electron chi connectivity index (χ1n) is 6.94. The fraction of sp³-hybridized carbons (Fsp3) is 0.357. The highest BCUT2D eigenvalue weighted by Crippen LogP contribution is 2.43. The molecule has 0 saturated carbocycles. The minimum atomic E-state index is -6.33. The summed E-state index contributed by atoms with van der Waals surface area (Å²) in [6.45, 7) is 0. The van der Waals surface area contributed by atoms with Gasteiger partial charge in [0.2, 0.25) is 0 Å². The fourth-order valence-electron chi connectivity index (χ4n) is 2.13. The smallest absolute Gasteiger partial charge is 0.434 e. The van der Waals surface area contributed by atoms with E-state index in [0.29, 0.717) is 7.11 Å². The number of methoxy groups -OCH3 is 1. The van der Waals surface area contributed by atoms with Crippen molar-refractivity contribution in [2.45, 2.75) is 25.0 Å². The number of nitrogens with zero attached hydrogens (tertiary/aromatic N) is 1. The molecule has 1 aromatic heterocycles. The van der Waals surface area contributed by atoms with Crippen LogP contribution in [0.25, 0.3) is 6.08 Å². The third kappa shape index (κ3) is 5.15. The second-order valence-corrected chi connectivity index (χ2v) is 5.16. The molecule has 0 unspecified atom stereocenters. The number of aromatic carboxylic acids is 1. The van der Waals surface area contributed by atoms with Crippen LogP contribution in [-0.2, 0) is 10.9 Å². The zero-order chi connectivity index (χ0) is 23.8. The van der Waals surface area contributed by atoms with Crippen molar-refractivity contribution in [2.75, 3.05) is 7.11 Å². The predicted molar refractivity (Wildman–Crippen MR) is 72.6 cm³/mol. The SMILES string of the molecule is COC(=O)c1c(C(F)(F)F)nc(C(F)F)c(C(=O)O)c1C=C(C(F)(F)F)C(F)(F)F. The number of pyridine rings is 1. The molecule has 1 rings (SSSR count). The minimum Gasteiger partial charge on any atom is -0.478 e. The van der Waals surface area contributed by atoms with Crippen molar-refractivity contribution in [3.63, 3.8) is 0 Å². The quantitative estimate of drug-likeness (QED) is 0.503. The molecule has 0 aliphatic carbocycles. The largest absolute Gasteiger partial charge is 0.478 e. The molecule has 1 heterocycles. The van der Waals surface area contributed by atoms with Gasteiger partial charge < -0.3 is 9.84 Å². The molecular weight excluding hydrogens is 455 g/mol. The van der Waals surface area contributed by atoms with Crippen LogP contribution < -0.4 is 0 Å².